The normalized spacial score (nSPS) is 22.2. The summed E-state index contributed by atoms with van der Waals surface area (Å²) in [5, 5.41) is 8.69. The van der Waals surface area contributed by atoms with Crippen molar-refractivity contribution in [2.75, 3.05) is 0 Å². The summed E-state index contributed by atoms with van der Waals surface area (Å²) in [7, 11) is 0. The molecule has 0 N–H and O–H groups in total. The van der Waals surface area contributed by atoms with E-state index in [9.17, 15) is 13.6 Å². The number of fused-ring (bicyclic) bond motifs is 2. The molecule has 0 saturated heterocycles. The molecule has 4 heterocycles. The van der Waals surface area contributed by atoms with E-state index in [2.05, 4.69) is 31.1 Å². The minimum Gasteiger partial charge on any atom is -0.473 e. The fraction of sp³-hybridized carbons (Fsp3) is 0.333. The molecule has 0 unspecified atom stereocenters. The third-order valence-electron chi connectivity index (χ3n) is 6.19. The SMILES string of the molecule is O=c1n(C2CC(Oc3ncnn4c(Br)ccc34)C2)nc2n1[C@H](c1cc(F)cc(F)c1)CC2. The lowest BCUT2D eigenvalue weighted by atomic mass is 9.89. The average Bonchev–Trinajstić information content (AvgIpc) is 3.40. The number of hydrogen-bond donors (Lipinski definition) is 0. The molecule has 164 valence electrons. The van der Waals surface area contributed by atoms with Crippen molar-refractivity contribution >= 4 is 21.4 Å². The molecule has 0 radical (unpaired) electrons. The van der Waals surface area contributed by atoms with Crippen LogP contribution in [0.1, 0.15) is 42.7 Å². The number of aryl methyl sites for hydroxylation is 1. The van der Waals surface area contributed by atoms with Gasteiger partial charge in [0.15, 0.2) is 0 Å². The van der Waals surface area contributed by atoms with Crippen molar-refractivity contribution in [3.63, 3.8) is 0 Å². The van der Waals surface area contributed by atoms with Crippen LogP contribution in [-0.2, 0) is 6.42 Å². The monoisotopic (exact) mass is 502 g/mol. The van der Waals surface area contributed by atoms with Gasteiger partial charge in [-0.3, -0.25) is 4.57 Å². The van der Waals surface area contributed by atoms with E-state index >= 15 is 0 Å². The van der Waals surface area contributed by atoms with Gasteiger partial charge < -0.3 is 4.74 Å². The quantitative estimate of drug-likeness (QED) is 0.427. The van der Waals surface area contributed by atoms with Crippen molar-refractivity contribution in [1.29, 1.82) is 0 Å². The summed E-state index contributed by atoms with van der Waals surface area (Å²) < 4.78 is 39.0. The van der Waals surface area contributed by atoms with Crippen molar-refractivity contribution in [3.05, 3.63) is 74.8 Å². The average molecular weight is 503 g/mol. The van der Waals surface area contributed by atoms with Gasteiger partial charge in [-0.1, -0.05) is 0 Å². The summed E-state index contributed by atoms with van der Waals surface area (Å²) >= 11 is 3.42. The first-order valence-corrected chi connectivity index (χ1v) is 11.1. The van der Waals surface area contributed by atoms with Crippen molar-refractivity contribution in [1.82, 2.24) is 28.9 Å². The van der Waals surface area contributed by atoms with Gasteiger partial charge in [0.2, 0.25) is 5.88 Å². The molecular weight excluding hydrogens is 486 g/mol. The lowest BCUT2D eigenvalue weighted by Crippen LogP contribution is -2.41. The largest absolute Gasteiger partial charge is 0.473 e. The van der Waals surface area contributed by atoms with Gasteiger partial charge in [0, 0.05) is 25.3 Å². The molecule has 1 saturated carbocycles. The molecule has 3 aromatic heterocycles. The van der Waals surface area contributed by atoms with Crippen molar-refractivity contribution < 1.29 is 13.5 Å². The molecule has 1 atom stereocenters. The highest BCUT2D eigenvalue weighted by atomic mass is 79.9. The molecule has 11 heteroatoms. The Morgan fingerprint density at radius 1 is 1.12 bits per heavy atom. The standard InChI is InChI=1S/C21H17BrF2N6O2/c22-18-3-1-17-20(25-10-26-30(17)18)32-15-8-14(9-15)29-21(31)28-16(2-4-19(28)27-29)11-5-12(23)7-13(24)6-11/h1,3,5-7,10,14-16H,2,4,8-9H2/t14?,15?,16-/m0/s1. The predicted octanol–water partition coefficient (Wildman–Crippen LogP) is 3.45. The van der Waals surface area contributed by atoms with E-state index in [0.717, 1.165) is 16.2 Å². The van der Waals surface area contributed by atoms with Crippen LogP contribution in [0.2, 0.25) is 0 Å². The number of halogens is 3. The zero-order valence-electron chi connectivity index (χ0n) is 16.7. The summed E-state index contributed by atoms with van der Waals surface area (Å²) in [6.45, 7) is 0. The van der Waals surface area contributed by atoms with Gasteiger partial charge in [-0.15, -0.1) is 0 Å². The Morgan fingerprint density at radius 3 is 2.69 bits per heavy atom. The zero-order valence-corrected chi connectivity index (χ0v) is 18.2. The maximum absolute atomic E-state index is 13.7. The topological polar surface area (TPSA) is 79.2 Å². The molecule has 32 heavy (non-hydrogen) atoms. The van der Waals surface area contributed by atoms with E-state index in [1.165, 1.54) is 23.1 Å². The van der Waals surface area contributed by atoms with Gasteiger partial charge in [0.25, 0.3) is 0 Å². The first-order chi connectivity index (χ1) is 15.5. The zero-order chi connectivity index (χ0) is 22.0. The minimum atomic E-state index is -0.651. The van der Waals surface area contributed by atoms with E-state index < -0.39 is 17.7 Å². The van der Waals surface area contributed by atoms with Crippen LogP contribution < -0.4 is 10.4 Å². The van der Waals surface area contributed by atoms with Crippen LogP contribution in [0.4, 0.5) is 8.78 Å². The Morgan fingerprint density at radius 2 is 1.91 bits per heavy atom. The van der Waals surface area contributed by atoms with Gasteiger partial charge >= 0.3 is 5.69 Å². The second-order valence-corrected chi connectivity index (χ2v) is 8.97. The number of ether oxygens (including phenoxy) is 1. The molecule has 1 fully saturated rings. The Bertz CT molecular complexity index is 1390. The second-order valence-electron chi connectivity index (χ2n) is 8.15. The van der Waals surface area contributed by atoms with Crippen LogP contribution in [0.5, 0.6) is 5.88 Å². The molecule has 0 amide bonds. The van der Waals surface area contributed by atoms with Crippen LogP contribution >= 0.6 is 15.9 Å². The second kappa shape index (κ2) is 7.22. The lowest BCUT2D eigenvalue weighted by Gasteiger charge is -2.34. The molecule has 0 bridgehead atoms. The number of aromatic nitrogens is 6. The van der Waals surface area contributed by atoms with E-state index in [0.29, 0.717) is 43.0 Å². The highest BCUT2D eigenvalue weighted by molar-refractivity contribution is 9.10. The Labute approximate surface area is 188 Å². The molecule has 1 aliphatic carbocycles. The van der Waals surface area contributed by atoms with Gasteiger partial charge in [0.05, 0.1) is 12.1 Å². The third-order valence-corrected chi connectivity index (χ3v) is 6.79. The van der Waals surface area contributed by atoms with E-state index in [1.54, 1.807) is 9.08 Å². The number of nitrogens with zero attached hydrogens (tertiary/aromatic N) is 6. The van der Waals surface area contributed by atoms with Gasteiger partial charge in [-0.05, 0) is 52.2 Å². The molecular formula is C21H17BrF2N6O2. The first kappa shape index (κ1) is 19.6. The molecule has 8 nitrogen and oxygen atoms in total. The fourth-order valence-electron chi connectivity index (χ4n) is 4.60. The van der Waals surface area contributed by atoms with Crippen molar-refractivity contribution in [2.45, 2.75) is 43.9 Å². The Balaban J connectivity index is 1.21. The minimum absolute atomic E-state index is 0.0909. The summed E-state index contributed by atoms with van der Waals surface area (Å²) in [5.41, 5.74) is 0.950. The van der Waals surface area contributed by atoms with Crippen LogP contribution in [0.3, 0.4) is 0 Å². The van der Waals surface area contributed by atoms with E-state index in [4.69, 9.17) is 4.74 Å². The van der Waals surface area contributed by atoms with Crippen LogP contribution in [0.25, 0.3) is 5.52 Å². The number of benzene rings is 1. The van der Waals surface area contributed by atoms with E-state index in [-0.39, 0.29) is 17.8 Å². The summed E-state index contributed by atoms with van der Waals surface area (Å²) in [6.07, 6.45) is 3.75. The van der Waals surface area contributed by atoms with Crippen molar-refractivity contribution in [2.24, 2.45) is 0 Å². The number of rotatable bonds is 4. The van der Waals surface area contributed by atoms with E-state index in [1.807, 2.05) is 12.1 Å². The molecule has 6 rings (SSSR count). The smallest absolute Gasteiger partial charge is 0.346 e. The van der Waals surface area contributed by atoms with Crippen LogP contribution in [0.15, 0.2) is 46.1 Å². The van der Waals surface area contributed by atoms with Crippen LogP contribution in [-0.4, -0.2) is 35.0 Å². The van der Waals surface area contributed by atoms with Crippen molar-refractivity contribution in [3.8, 4) is 5.88 Å². The Kier molecular flexibility index (Phi) is 4.42. The van der Waals surface area contributed by atoms with Gasteiger partial charge in [0.1, 0.15) is 40.0 Å². The predicted molar refractivity (Wildman–Crippen MR) is 113 cm³/mol. The molecule has 4 aromatic rings. The van der Waals surface area contributed by atoms with Gasteiger partial charge in [-0.2, -0.15) is 15.2 Å². The number of hydrogen-bond acceptors (Lipinski definition) is 5. The maximum Gasteiger partial charge on any atom is 0.346 e. The fourth-order valence-corrected chi connectivity index (χ4v) is 5.01. The third kappa shape index (κ3) is 3.06. The maximum atomic E-state index is 13.7. The first-order valence-electron chi connectivity index (χ1n) is 10.3. The highest BCUT2D eigenvalue weighted by Crippen LogP contribution is 2.36. The summed E-state index contributed by atoms with van der Waals surface area (Å²) in [4.78, 5) is 17.3. The highest BCUT2D eigenvalue weighted by Gasteiger charge is 2.38. The molecule has 1 aliphatic heterocycles. The Hall–Kier alpha value is -3.08. The lowest BCUT2D eigenvalue weighted by molar-refractivity contribution is 0.0593. The summed E-state index contributed by atoms with van der Waals surface area (Å²) in [6, 6.07) is 6.63. The molecule has 2 aliphatic rings. The molecule has 0 spiro atoms. The van der Waals surface area contributed by atoms with Crippen LogP contribution in [0, 0.1) is 11.6 Å². The summed E-state index contributed by atoms with van der Waals surface area (Å²) in [5.74, 6) is -0.171. The van der Waals surface area contributed by atoms with Gasteiger partial charge in [-0.25, -0.2) is 22.8 Å². The molecule has 1 aromatic carbocycles.